The first-order valence-electron chi connectivity index (χ1n) is 5.17. The second-order valence-electron chi connectivity index (χ2n) is 4.96. The molecule has 1 rings (SSSR count). The average molecular weight is 210 g/mol. The van der Waals surface area contributed by atoms with Gasteiger partial charge in [0.25, 0.3) is 0 Å². The molecule has 0 radical (unpaired) electrons. The second-order valence-corrected chi connectivity index (χ2v) is 4.96. The Labute approximate surface area is 90.7 Å². The zero-order chi connectivity index (χ0) is 11.5. The molecular formula is C12H19FN2. The van der Waals surface area contributed by atoms with Gasteiger partial charge in [-0.3, -0.25) is 4.98 Å². The summed E-state index contributed by atoms with van der Waals surface area (Å²) in [6.07, 6.45) is 3.69. The van der Waals surface area contributed by atoms with Gasteiger partial charge in [0.05, 0.1) is 0 Å². The Morgan fingerprint density at radius 2 is 2.07 bits per heavy atom. The van der Waals surface area contributed by atoms with Gasteiger partial charge >= 0.3 is 0 Å². The van der Waals surface area contributed by atoms with Gasteiger partial charge in [-0.1, -0.05) is 26.8 Å². The number of alkyl halides is 1. The normalized spacial score (nSPS) is 16.1. The van der Waals surface area contributed by atoms with Gasteiger partial charge in [0.1, 0.15) is 5.67 Å². The highest BCUT2D eigenvalue weighted by atomic mass is 19.1. The highest BCUT2D eigenvalue weighted by Crippen LogP contribution is 2.36. The van der Waals surface area contributed by atoms with Crippen LogP contribution < -0.4 is 5.73 Å². The van der Waals surface area contributed by atoms with Gasteiger partial charge in [0, 0.05) is 25.4 Å². The molecule has 0 amide bonds. The molecule has 0 bridgehead atoms. The van der Waals surface area contributed by atoms with Crippen molar-refractivity contribution in [1.29, 1.82) is 0 Å². The van der Waals surface area contributed by atoms with E-state index in [-0.39, 0.29) is 6.54 Å². The van der Waals surface area contributed by atoms with Crippen LogP contribution in [0.5, 0.6) is 0 Å². The first-order valence-corrected chi connectivity index (χ1v) is 5.17. The van der Waals surface area contributed by atoms with Crippen LogP contribution in [-0.4, -0.2) is 17.2 Å². The van der Waals surface area contributed by atoms with Crippen LogP contribution in [0.2, 0.25) is 0 Å². The fourth-order valence-electron chi connectivity index (χ4n) is 1.47. The Hall–Kier alpha value is -0.960. The van der Waals surface area contributed by atoms with Gasteiger partial charge in [-0.2, -0.15) is 0 Å². The number of nitrogens with two attached hydrogens (primary N) is 1. The Morgan fingerprint density at radius 1 is 1.40 bits per heavy atom. The third-order valence-electron chi connectivity index (χ3n) is 2.87. The molecule has 1 aromatic rings. The number of aromatic nitrogens is 1. The predicted molar refractivity (Wildman–Crippen MR) is 60.3 cm³/mol. The second kappa shape index (κ2) is 4.27. The van der Waals surface area contributed by atoms with Crippen LogP contribution in [0.1, 0.15) is 26.3 Å². The van der Waals surface area contributed by atoms with Gasteiger partial charge in [-0.25, -0.2) is 4.39 Å². The molecule has 2 N–H and O–H groups in total. The van der Waals surface area contributed by atoms with Crippen molar-refractivity contribution in [2.24, 2.45) is 11.1 Å². The minimum atomic E-state index is -1.38. The molecule has 0 fully saturated rings. The average Bonchev–Trinajstić information content (AvgIpc) is 2.17. The fraction of sp³-hybridized carbons (Fsp3) is 0.583. The quantitative estimate of drug-likeness (QED) is 0.831. The van der Waals surface area contributed by atoms with Crippen molar-refractivity contribution in [3.63, 3.8) is 0 Å². The number of hydrogen-bond donors (Lipinski definition) is 1. The number of halogens is 1. The summed E-state index contributed by atoms with van der Waals surface area (Å²) in [5.74, 6) is 0. The highest BCUT2D eigenvalue weighted by Gasteiger charge is 2.41. The van der Waals surface area contributed by atoms with Crippen molar-refractivity contribution in [3.05, 3.63) is 30.1 Å². The topological polar surface area (TPSA) is 38.9 Å². The van der Waals surface area contributed by atoms with Gasteiger partial charge in [-0.05, 0) is 17.0 Å². The van der Waals surface area contributed by atoms with Crippen LogP contribution in [0.3, 0.4) is 0 Å². The third-order valence-corrected chi connectivity index (χ3v) is 2.87. The molecule has 0 aliphatic heterocycles. The van der Waals surface area contributed by atoms with Gasteiger partial charge in [0.15, 0.2) is 0 Å². The lowest BCUT2D eigenvalue weighted by Crippen LogP contribution is -2.47. The molecule has 3 heteroatoms. The summed E-state index contributed by atoms with van der Waals surface area (Å²) in [6.45, 7) is 5.65. The zero-order valence-electron chi connectivity index (χ0n) is 9.63. The van der Waals surface area contributed by atoms with Crippen molar-refractivity contribution < 1.29 is 4.39 Å². The minimum absolute atomic E-state index is 0.0331. The lowest BCUT2D eigenvalue weighted by Gasteiger charge is -2.37. The molecule has 1 unspecified atom stereocenters. The van der Waals surface area contributed by atoms with Crippen LogP contribution in [-0.2, 0) is 6.42 Å². The van der Waals surface area contributed by atoms with Gasteiger partial charge < -0.3 is 5.73 Å². The van der Waals surface area contributed by atoms with Crippen molar-refractivity contribution in [2.45, 2.75) is 32.9 Å². The molecule has 0 saturated heterocycles. The summed E-state index contributed by atoms with van der Waals surface area (Å²) in [6, 6.07) is 3.69. The summed E-state index contributed by atoms with van der Waals surface area (Å²) in [5, 5.41) is 0. The van der Waals surface area contributed by atoms with Crippen LogP contribution in [0.4, 0.5) is 4.39 Å². The Morgan fingerprint density at radius 3 is 2.47 bits per heavy atom. The number of rotatable bonds is 3. The van der Waals surface area contributed by atoms with Crippen molar-refractivity contribution in [1.82, 2.24) is 4.98 Å². The van der Waals surface area contributed by atoms with E-state index in [0.717, 1.165) is 5.56 Å². The van der Waals surface area contributed by atoms with E-state index < -0.39 is 11.1 Å². The van der Waals surface area contributed by atoms with Crippen molar-refractivity contribution in [2.75, 3.05) is 6.54 Å². The summed E-state index contributed by atoms with van der Waals surface area (Å²) in [4.78, 5) is 3.98. The Kier molecular flexibility index (Phi) is 3.45. The zero-order valence-corrected chi connectivity index (χ0v) is 9.63. The Balaban J connectivity index is 2.87. The van der Waals surface area contributed by atoms with E-state index in [9.17, 15) is 4.39 Å². The maximum atomic E-state index is 14.6. The SMILES string of the molecule is CC(C)(C)C(F)(CN)Cc1cccnc1. The molecule has 2 nitrogen and oxygen atoms in total. The lowest BCUT2D eigenvalue weighted by atomic mass is 9.74. The van der Waals surface area contributed by atoms with Gasteiger partial charge in [-0.15, -0.1) is 0 Å². The summed E-state index contributed by atoms with van der Waals surface area (Å²) < 4.78 is 14.6. The molecule has 1 aromatic heterocycles. The van der Waals surface area contributed by atoms with E-state index in [1.165, 1.54) is 0 Å². The standard InChI is InChI=1S/C12H19FN2/c1-11(2,3)12(13,9-14)7-10-5-4-6-15-8-10/h4-6,8H,7,9,14H2,1-3H3. The van der Waals surface area contributed by atoms with E-state index in [1.807, 2.05) is 32.9 Å². The first-order chi connectivity index (χ1) is 6.89. The molecular weight excluding hydrogens is 191 g/mol. The molecule has 15 heavy (non-hydrogen) atoms. The molecule has 0 saturated carbocycles. The van der Waals surface area contributed by atoms with Crippen molar-refractivity contribution in [3.8, 4) is 0 Å². The third kappa shape index (κ3) is 2.75. The number of hydrogen-bond acceptors (Lipinski definition) is 2. The number of pyridine rings is 1. The van der Waals surface area contributed by atoms with E-state index in [4.69, 9.17) is 5.73 Å². The smallest absolute Gasteiger partial charge is 0.132 e. The molecule has 84 valence electrons. The molecule has 0 spiro atoms. The lowest BCUT2D eigenvalue weighted by molar-refractivity contribution is 0.0381. The van der Waals surface area contributed by atoms with Crippen molar-refractivity contribution >= 4 is 0 Å². The van der Waals surface area contributed by atoms with E-state index >= 15 is 0 Å². The van der Waals surface area contributed by atoms with E-state index in [0.29, 0.717) is 6.42 Å². The predicted octanol–water partition coefficient (Wildman–Crippen LogP) is 2.34. The molecule has 1 heterocycles. The maximum absolute atomic E-state index is 14.6. The largest absolute Gasteiger partial charge is 0.327 e. The molecule has 1 atom stereocenters. The number of nitrogens with zero attached hydrogens (tertiary/aromatic N) is 1. The van der Waals surface area contributed by atoms with Crippen LogP contribution in [0, 0.1) is 5.41 Å². The van der Waals surface area contributed by atoms with Crippen LogP contribution in [0.25, 0.3) is 0 Å². The van der Waals surface area contributed by atoms with Gasteiger partial charge in [0.2, 0.25) is 0 Å². The monoisotopic (exact) mass is 210 g/mol. The first kappa shape index (κ1) is 12.1. The Bertz CT molecular complexity index is 305. The molecule has 0 aromatic carbocycles. The fourth-order valence-corrected chi connectivity index (χ4v) is 1.47. The summed E-state index contributed by atoms with van der Waals surface area (Å²) in [5.41, 5.74) is 4.60. The summed E-state index contributed by atoms with van der Waals surface area (Å²) in [7, 11) is 0. The van der Waals surface area contributed by atoms with E-state index in [2.05, 4.69) is 4.98 Å². The van der Waals surface area contributed by atoms with Crippen LogP contribution >= 0.6 is 0 Å². The minimum Gasteiger partial charge on any atom is -0.327 e. The van der Waals surface area contributed by atoms with E-state index in [1.54, 1.807) is 12.4 Å². The summed E-state index contributed by atoms with van der Waals surface area (Å²) >= 11 is 0. The maximum Gasteiger partial charge on any atom is 0.132 e. The van der Waals surface area contributed by atoms with Crippen LogP contribution in [0.15, 0.2) is 24.5 Å². The molecule has 0 aliphatic rings. The highest BCUT2D eigenvalue weighted by molar-refractivity contribution is 5.14. The molecule has 0 aliphatic carbocycles.